The summed E-state index contributed by atoms with van der Waals surface area (Å²) in [5.41, 5.74) is 0. The van der Waals surface area contributed by atoms with E-state index in [0.29, 0.717) is 29.4 Å². The molecule has 0 saturated carbocycles. The highest BCUT2D eigenvalue weighted by Gasteiger charge is 2.24. The molecule has 0 radical (unpaired) electrons. The Hall–Kier alpha value is -1.95. The fraction of sp³-hybridized carbons (Fsp3) is 0.467. The molecule has 2 heterocycles. The van der Waals surface area contributed by atoms with Crippen LogP contribution in [0.5, 0.6) is 5.75 Å². The minimum Gasteiger partial charge on any atom is -0.485 e. The van der Waals surface area contributed by atoms with E-state index in [1.807, 2.05) is 0 Å². The van der Waals surface area contributed by atoms with Crippen molar-refractivity contribution in [2.75, 3.05) is 6.54 Å². The fourth-order valence-corrected chi connectivity index (χ4v) is 2.53. The Labute approximate surface area is 122 Å². The third-order valence-corrected chi connectivity index (χ3v) is 3.64. The zero-order valence-corrected chi connectivity index (χ0v) is 11.9. The Morgan fingerprint density at radius 1 is 1.38 bits per heavy atom. The molecule has 1 aliphatic rings. The molecule has 1 fully saturated rings. The van der Waals surface area contributed by atoms with Gasteiger partial charge in [-0.25, -0.2) is 4.39 Å². The van der Waals surface area contributed by atoms with Gasteiger partial charge in [-0.2, -0.15) is 4.98 Å². The van der Waals surface area contributed by atoms with Crippen LogP contribution < -0.4 is 10.1 Å². The van der Waals surface area contributed by atoms with E-state index in [-0.39, 0.29) is 12.4 Å². The molecule has 0 unspecified atom stereocenters. The van der Waals surface area contributed by atoms with Gasteiger partial charge in [0.25, 0.3) is 0 Å². The molecule has 5 nitrogen and oxygen atoms in total. The van der Waals surface area contributed by atoms with Crippen molar-refractivity contribution in [1.82, 2.24) is 15.5 Å². The van der Waals surface area contributed by atoms with Gasteiger partial charge in [-0.1, -0.05) is 5.16 Å². The third kappa shape index (κ3) is 3.58. The van der Waals surface area contributed by atoms with Crippen molar-refractivity contribution in [2.24, 2.45) is 0 Å². The van der Waals surface area contributed by atoms with Crippen LogP contribution in [-0.2, 0) is 6.61 Å². The second-order valence-corrected chi connectivity index (χ2v) is 5.37. The molecular weight excluding hydrogens is 273 g/mol. The number of nitrogens with one attached hydrogen (secondary N) is 1. The minimum absolute atomic E-state index is 0.218. The van der Waals surface area contributed by atoms with Gasteiger partial charge < -0.3 is 14.6 Å². The van der Waals surface area contributed by atoms with E-state index in [4.69, 9.17) is 9.26 Å². The zero-order chi connectivity index (χ0) is 14.7. The van der Waals surface area contributed by atoms with Crippen LogP contribution >= 0.6 is 0 Å². The SMILES string of the molecule is C[C@@H]1C[C@H](c2nc(COc3ccc(F)cc3)no2)CCN1. The summed E-state index contributed by atoms with van der Waals surface area (Å²) in [5.74, 6) is 1.80. The number of benzene rings is 1. The molecule has 1 aromatic carbocycles. The number of halogens is 1. The summed E-state index contributed by atoms with van der Waals surface area (Å²) < 4.78 is 23.6. The monoisotopic (exact) mass is 291 g/mol. The lowest BCUT2D eigenvalue weighted by Crippen LogP contribution is -2.34. The maximum atomic E-state index is 12.8. The van der Waals surface area contributed by atoms with Gasteiger partial charge in [0, 0.05) is 12.0 Å². The van der Waals surface area contributed by atoms with Crippen LogP contribution in [0.15, 0.2) is 28.8 Å². The molecule has 0 spiro atoms. The van der Waals surface area contributed by atoms with Gasteiger partial charge >= 0.3 is 0 Å². The average molecular weight is 291 g/mol. The molecule has 2 atom stereocenters. The van der Waals surface area contributed by atoms with Crippen molar-refractivity contribution >= 4 is 0 Å². The van der Waals surface area contributed by atoms with Crippen molar-refractivity contribution < 1.29 is 13.7 Å². The first-order chi connectivity index (χ1) is 10.2. The lowest BCUT2D eigenvalue weighted by atomic mass is 9.93. The van der Waals surface area contributed by atoms with Crippen LogP contribution in [0.4, 0.5) is 4.39 Å². The van der Waals surface area contributed by atoms with Gasteiger partial charge in [-0.3, -0.25) is 0 Å². The van der Waals surface area contributed by atoms with Crippen molar-refractivity contribution in [3.05, 3.63) is 41.8 Å². The smallest absolute Gasteiger partial charge is 0.229 e. The van der Waals surface area contributed by atoms with Crippen molar-refractivity contribution in [3.8, 4) is 5.75 Å². The quantitative estimate of drug-likeness (QED) is 0.938. The first-order valence-electron chi connectivity index (χ1n) is 7.15. The summed E-state index contributed by atoms with van der Waals surface area (Å²) in [6.45, 7) is 3.34. The van der Waals surface area contributed by atoms with E-state index >= 15 is 0 Å². The van der Waals surface area contributed by atoms with Gasteiger partial charge in [0.05, 0.1) is 0 Å². The topological polar surface area (TPSA) is 60.2 Å². The Kier molecular flexibility index (Phi) is 4.15. The number of nitrogens with zero attached hydrogens (tertiary/aromatic N) is 2. The molecule has 0 bridgehead atoms. The average Bonchev–Trinajstić information content (AvgIpc) is 2.96. The maximum Gasteiger partial charge on any atom is 0.229 e. The summed E-state index contributed by atoms with van der Waals surface area (Å²) in [5, 5.41) is 7.34. The number of hydrogen-bond donors (Lipinski definition) is 1. The van der Waals surface area contributed by atoms with Gasteiger partial charge in [0.2, 0.25) is 11.7 Å². The van der Waals surface area contributed by atoms with Crippen LogP contribution in [0, 0.1) is 5.82 Å². The number of piperidine rings is 1. The second-order valence-electron chi connectivity index (χ2n) is 5.37. The summed E-state index contributed by atoms with van der Waals surface area (Å²) in [4.78, 5) is 4.40. The molecule has 21 heavy (non-hydrogen) atoms. The molecule has 6 heteroatoms. The minimum atomic E-state index is -0.288. The molecule has 0 amide bonds. The highest BCUT2D eigenvalue weighted by Crippen LogP contribution is 2.26. The van der Waals surface area contributed by atoms with E-state index in [1.165, 1.54) is 12.1 Å². The number of aromatic nitrogens is 2. The molecule has 1 aliphatic heterocycles. The van der Waals surface area contributed by atoms with E-state index in [1.54, 1.807) is 12.1 Å². The summed E-state index contributed by atoms with van der Waals surface area (Å²) in [7, 11) is 0. The summed E-state index contributed by atoms with van der Waals surface area (Å²) in [6, 6.07) is 6.32. The van der Waals surface area contributed by atoms with Gasteiger partial charge in [-0.15, -0.1) is 0 Å². The maximum absolute atomic E-state index is 12.8. The zero-order valence-electron chi connectivity index (χ0n) is 11.9. The Balaban J connectivity index is 1.58. The number of ether oxygens (including phenoxy) is 1. The van der Waals surface area contributed by atoms with Crippen LogP contribution in [0.25, 0.3) is 0 Å². The largest absolute Gasteiger partial charge is 0.485 e. The highest BCUT2D eigenvalue weighted by molar-refractivity contribution is 5.22. The molecule has 112 valence electrons. The van der Waals surface area contributed by atoms with Crippen molar-refractivity contribution in [3.63, 3.8) is 0 Å². The van der Waals surface area contributed by atoms with E-state index in [9.17, 15) is 4.39 Å². The number of hydrogen-bond acceptors (Lipinski definition) is 5. The molecular formula is C15H18FN3O2. The lowest BCUT2D eigenvalue weighted by molar-refractivity contribution is 0.276. The van der Waals surface area contributed by atoms with Gasteiger partial charge in [0.1, 0.15) is 11.6 Å². The van der Waals surface area contributed by atoms with Crippen molar-refractivity contribution in [1.29, 1.82) is 0 Å². The summed E-state index contributed by atoms with van der Waals surface area (Å²) in [6.07, 6.45) is 2.01. The molecule has 1 aromatic heterocycles. The Morgan fingerprint density at radius 3 is 2.95 bits per heavy atom. The third-order valence-electron chi connectivity index (χ3n) is 3.64. The van der Waals surface area contributed by atoms with Crippen LogP contribution in [0.1, 0.15) is 37.4 Å². The molecule has 3 rings (SSSR count). The fourth-order valence-electron chi connectivity index (χ4n) is 2.53. The van der Waals surface area contributed by atoms with Crippen molar-refractivity contribution in [2.45, 2.75) is 38.3 Å². The predicted octanol–water partition coefficient (Wildman–Crippen LogP) is 2.64. The van der Waals surface area contributed by atoms with Crippen LogP contribution in [-0.4, -0.2) is 22.7 Å². The normalized spacial score (nSPS) is 22.2. The molecule has 2 aromatic rings. The second kappa shape index (κ2) is 6.22. The Morgan fingerprint density at radius 2 is 2.19 bits per heavy atom. The first kappa shape index (κ1) is 14.0. The molecule has 1 N–H and O–H groups in total. The molecule has 1 saturated heterocycles. The lowest BCUT2D eigenvalue weighted by Gasteiger charge is -2.25. The van der Waals surface area contributed by atoms with E-state index in [2.05, 4.69) is 22.4 Å². The highest BCUT2D eigenvalue weighted by atomic mass is 19.1. The van der Waals surface area contributed by atoms with Crippen LogP contribution in [0.2, 0.25) is 0 Å². The number of rotatable bonds is 4. The Bertz CT molecular complexity index is 585. The van der Waals surface area contributed by atoms with Gasteiger partial charge in [0.15, 0.2) is 6.61 Å². The van der Waals surface area contributed by atoms with Crippen LogP contribution in [0.3, 0.4) is 0 Å². The first-order valence-corrected chi connectivity index (χ1v) is 7.15. The molecule has 0 aliphatic carbocycles. The van der Waals surface area contributed by atoms with E-state index < -0.39 is 0 Å². The summed E-state index contributed by atoms with van der Waals surface area (Å²) >= 11 is 0. The predicted molar refractivity (Wildman–Crippen MR) is 74.5 cm³/mol. The standard InChI is InChI=1S/C15H18FN3O2/c1-10-8-11(6-7-17-10)15-18-14(19-21-15)9-20-13-4-2-12(16)3-5-13/h2-5,10-11,17H,6-9H2,1H3/t10-,11-/m1/s1. The van der Waals surface area contributed by atoms with Gasteiger partial charge in [-0.05, 0) is 50.6 Å². The van der Waals surface area contributed by atoms with E-state index in [0.717, 1.165) is 19.4 Å².